The summed E-state index contributed by atoms with van der Waals surface area (Å²) in [5, 5.41) is 4.09. The smallest absolute Gasteiger partial charge is 0.176 e. The number of nitrogens with zero attached hydrogens (tertiary/aromatic N) is 4. The average molecular weight is 1270 g/mol. The maximum Gasteiger partial charge on any atom is 0.176 e. The number of rotatable bonds is 0. The fourth-order valence-electron chi connectivity index (χ4n) is 6.87. The van der Waals surface area contributed by atoms with Gasteiger partial charge in [-0.05, 0) is 144 Å². The molecule has 0 N–H and O–H groups in total. The molecule has 80 heavy (non-hydrogen) atoms. The topological polar surface area (TPSA) is 225 Å². The molecule has 16 nitrogen and oxygen atoms in total. The van der Waals surface area contributed by atoms with E-state index < -0.39 is 49.8 Å². The van der Waals surface area contributed by atoms with Gasteiger partial charge in [-0.2, -0.15) is 23.5 Å². The van der Waals surface area contributed by atoms with E-state index in [9.17, 15) is 33.7 Å². The molecular weight excluding hydrogens is 1180 g/mol. The molecule has 3 fully saturated rings. The van der Waals surface area contributed by atoms with Crippen LogP contribution in [0.1, 0.15) is 139 Å². The summed E-state index contributed by atoms with van der Waals surface area (Å²) in [6, 6.07) is 4.00. The van der Waals surface area contributed by atoms with Crippen LogP contribution in [-0.4, -0.2) is 154 Å². The van der Waals surface area contributed by atoms with Crippen LogP contribution in [0.25, 0.3) is 0 Å². The monoisotopic (exact) mass is 1270 g/mol. The van der Waals surface area contributed by atoms with E-state index in [4.69, 9.17) is 19.0 Å². The Morgan fingerprint density at radius 3 is 1.24 bits per heavy atom. The summed E-state index contributed by atoms with van der Waals surface area (Å²) >= 11 is 8.18. The zero-order chi connectivity index (χ0) is 61.0. The summed E-state index contributed by atoms with van der Waals surface area (Å²) in [5.41, 5.74) is 5.51. The molecular formula is C56H96N4O12S8. The minimum atomic E-state index is -3.28. The SMILES string of the molecule is CC1=C(C)OCCO1.CC1=C(C)S(=O)(=O)CCS1(=O)=O.CC1=C(C)SCCS1.CC1=NOCCC1C.CC1C(C)S(=O)(=O)CCS1(=O)=O.CC1CCCOC1C.CC1SCCSC1C.Cc1cccnc1C.Cc1nccnc1C. The van der Waals surface area contributed by atoms with Crippen LogP contribution >= 0.6 is 47.0 Å². The van der Waals surface area contributed by atoms with Gasteiger partial charge in [0.15, 0.2) is 39.3 Å². The number of allylic oxidation sites excluding steroid dienone is 6. The number of aromatic nitrogens is 3. The third-order valence-corrected chi connectivity index (χ3v) is 29.7. The van der Waals surface area contributed by atoms with Gasteiger partial charge in [-0.15, -0.1) is 23.5 Å². The molecule has 3 saturated heterocycles. The van der Waals surface area contributed by atoms with Gasteiger partial charge in [0.25, 0.3) is 0 Å². The number of pyridine rings is 1. The Labute approximate surface area is 501 Å². The first-order valence-electron chi connectivity index (χ1n) is 27.2. The van der Waals surface area contributed by atoms with E-state index in [2.05, 4.69) is 105 Å². The molecule has 0 bridgehead atoms. The molecule has 0 aromatic carbocycles. The van der Waals surface area contributed by atoms with Crippen LogP contribution in [0.2, 0.25) is 0 Å². The molecule has 7 unspecified atom stereocenters. The molecule has 7 aliphatic heterocycles. The summed E-state index contributed by atoms with van der Waals surface area (Å²) in [5.74, 6) is 7.55. The van der Waals surface area contributed by atoms with Crippen LogP contribution in [0.3, 0.4) is 0 Å². The average Bonchev–Trinajstić information content (AvgIpc) is 3.41. The van der Waals surface area contributed by atoms with Gasteiger partial charge in [-0.1, -0.05) is 38.9 Å². The van der Waals surface area contributed by atoms with E-state index in [1.807, 2.05) is 77.3 Å². The number of sulfone groups is 4. The molecule has 0 aliphatic carbocycles. The van der Waals surface area contributed by atoms with Crippen molar-refractivity contribution in [3.05, 3.63) is 84.5 Å². The van der Waals surface area contributed by atoms with Crippen molar-refractivity contribution in [3.8, 4) is 0 Å². The van der Waals surface area contributed by atoms with Crippen molar-refractivity contribution in [2.75, 3.05) is 72.5 Å². The maximum absolute atomic E-state index is 11.2. The predicted molar refractivity (Wildman–Crippen MR) is 342 cm³/mol. The van der Waals surface area contributed by atoms with Crippen LogP contribution in [-0.2, 0) is 58.4 Å². The number of thioether (sulfide) groups is 4. The first-order chi connectivity index (χ1) is 37.2. The Balaban J connectivity index is 0.000000452. The first kappa shape index (κ1) is 75.7. The Bertz CT molecular complexity index is 2530. The van der Waals surface area contributed by atoms with Crippen LogP contribution in [0.15, 0.2) is 67.0 Å². The largest absolute Gasteiger partial charge is 0.491 e. The Hall–Kier alpha value is -2.32. The number of hydrogen-bond acceptors (Lipinski definition) is 20. The van der Waals surface area contributed by atoms with Crippen molar-refractivity contribution in [2.24, 2.45) is 17.0 Å². The van der Waals surface area contributed by atoms with Gasteiger partial charge in [-0.3, -0.25) is 15.0 Å². The lowest BCUT2D eigenvalue weighted by atomic mass is 9.98. The van der Waals surface area contributed by atoms with Crippen molar-refractivity contribution >= 4 is 92.1 Å². The minimum absolute atomic E-state index is 0.00579. The summed E-state index contributed by atoms with van der Waals surface area (Å²) in [7, 11) is -12.9. The predicted octanol–water partition coefficient (Wildman–Crippen LogP) is 12.0. The number of ether oxygens (including phenoxy) is 3. The molecule has 24 heteroatoms. The van der Waals surface area contributed by atoms with Gasteiger partial charge in [0.05, 0.1) is 66.5 Å². The summed E-state index contributed by atoms with van der Waals surface area (Å²) in [6.07, 6.45) is 9.43. The number of aryl methyl sites for hydroxylation is 4. The van der Waals surface area contributed by atoms with E-state index in [1.54, 1.807) is 12.4 Å². The van der Waals surface area contributed by atoms with Crippen molar-refractivity contribution in [1.82, 2.24) is 15.0 Å². The van der Waals surface area contributed by atoms with Crippen LogP contribution in [0, 0.1) is 39.5 Å². The van der Waals surface area contributed by atoms with Gasteiger partial charge in [0.1, 0.15) is 31.3 Å². The van der Waals surface area contributed by atoms with E-state index >= 15 is 0 Å². The van der Waals surface area contributed by atoms with Crippen molar-refractivity contribution < 1.29 is 52.7 Å². The third kappa shape index (κ3) is 29.0. The lowest BCUT2D eigenvalue weighted by Gasteiger charge is -2.25. The lowest BCUT2D eigenvalue weighted by Crippen LogP contribution is -2.45. The van der Waals surface area contributed by atoms with E-state index in [0.717, 1.165) is 70.4 Å². The first-order valence-corrected chi connectivity index (χ1v) is 38.0. The van der Waals surface area contributed by atoms with Gasteiger partial charge in [-0.25, -0.2) is 33.7 Å². The molecule has 2 aromatic rings. The van der Waals surface area contributed by atoms with Crippen LogP contribution in [0.4, 0.5) is 0 Å². The molecule has 0 saturated carbocycles. The molecule has 7 atom stereocenters. The van der Waals surface area contributed by atoms with Gasteiger partial charge < -0.3 is 19.0 Å². The van der Waals surface area contributed by atoms with Gasteiger partial charge >= 0.3 is 0 Å². The van der Waals surface area contributed by atoms with E-state index in [0.29, 0.717) is 25.2 Å². The van der Waals surface area contributed by atoms with E-state index in [1.165, 1.54) is 78.9 Å². The molecule has 9 heterocycles. The maximum atomic E-state index is 11.2. The second-order valence-electron chi connectivity index (χ2n) is 20.2. The van der Waals surface area contributed by atoms with E-state index in [-0.39, 0.29) is 32.8 Å². The molecule has 7 aliphatic rings. The second kappa shape index (κ2) is 37.9. The lowest BCUT2D eigenvalue weighted by molar-refractivity contribution is -0.00789. The number of hydrogen-bond donors (Lipinski definition) is 0. The summed E-state index contributed by atoms with van der Waals surface area (Å²) in [6.45, 7) is 38.2. The fourth-order valence-corrected chi connectivity index (χ4v) is 20.2. The highest BCUT2D eigenvalue weighted by Gasteiger charge is 2.40. The fraction of sp³-hybridized carbons (Fsp3) is 0.714. The van der Waals surface area contributed by atoms with Gasteiger partial charge in [0, 0.05) is 70.3 Å². The Morgan fingerprint density at radius 2 is 0.950 bits per heavy atom. The van der Waals surface area contributed by atoms with Crippen molar-refractivity contribution in [2.45, 2.75) is 171 Å². The second-order valence-corrected chi connectivity index (χ2v) is 35.3. The molecule has 460 valence electrons. The minimum Gasteiger partial charge on any atom is -0.491 e. The zero-order valence-electron chi connectivity index (χ0n) is 51.0. The van der Waals surface area contributed by atoms with Gasteiger partial charge in [0.2, 0.25) is 0 Å². The van der Waals surface area contributed by atoms with Crippen LogP contribution < -0.4 is 0 Å². The highest BCUT2D eigenvalue weighted by atomic mass is 32.2. The number of oxime groups is 1. The highest BCUT2D eigenvalue weighted by molar-refractivity contribution is 8.10. The summed E-state index contributed by atoms with van der Waals surface area (Å²) in [4.78, 5) is 20.0. The highest BCUT2D eigenvalue weighted by Crippen LogP contribution is 2.33. The molecule has 0 radical (unpaired) electrons. The summed E-state index contributed by atoms with van der Waals surface area (Å²) < 4.78 is 105. The quantitative estimate of drug-likeness (QED) is 0.239. The molecule has 9 rings (SSSR count). The third-order valence-electron chi connectivity index (χ3n) is 14.4. The molecule has 0 amide bonds. The normalized spacial score (nSPS) is 26.8. The zero-order valence-corrected chi connectivity index (χ0v) is 57.5. The van der Waals surface area contributed by atoms with Crippen molar-refractivity contribution in [1.29, 1.82) is 0 Å². The molecule has 0 spiro atoms. The standard InChI is InChI=1S/C7H9N.C7H14O.C6H8N2.C6H11NO.C6H12O4S2.C6H10O4S2.C6H10O2.C6H12S2.C6H10S2/c2*1-6-4-3-5-8-7(6)2;1-5-6(2)8-4-3-7-5;1-5-3-4-8-7-6(5)2;2*1-5-6(2)12(9,10)4-3-11(5,7)8;3*1-5-6(2)8-4-3-7-5/h3-5H,1-2H3;6-7H,3-5H2,1-2H3;3-4H,1-2H3;5H,3-4H2,1-2H3;5-6H,3-4H2,1-2H3;3-4H2,1-2H3;3-4H2,1-2H3;5-6H,3-4H2,1-2H3;3-4H2,1-2H3. The van der Waals surface area contributed by atoms with Crippen molar-refractivity contribution in [3.63, 3.8) is 0 Å². The Morgan fingerprint density at radius 1 is 0.512 bits per heavy atom. The Kier molecular flexibility index (Phi) is 35.8. The molecule has 2 aromatic heterocycles. The van der Waals surface area contributed by atoms with Crippen LogP contribution in [0.5, 0.6) is 0 Å².